The van der Waals surface area contributed by atoms with Gasteiger partial charge in [-0.25, -0.2) is 15.2 Å². The number of hydrogen-bond donors (Lipinski definition) is 5. The summed E-state index contributed by atoms with van der Waals surface area (Å²) < 4.78 is 18.2. The lowest BCUT2D eigenvalue weighted by Gasteiger charge is -2.17. The van der Waals surface area contributed by atoms with Crippen LogP contribution < -0.4 is 21.5 Å². The van der Waals surface area contributed by atoms with Crippen LogP contribution in [0.4, 0.5) is 4.39 Å². The highest BCUT2D eigenvalue weighted by Gasteiger charge is 2.26. The molecule has 0 bridgehead atoms. The maximum absolute atomic E-state index is 13.1. The number of aromatic hydroxyl groups is 1. The van der Waals surface area contributed by atoms with E-state index in [1.807, 2.05) is 0 Å². The van der Waals surface area contributed by atoms with Gasteiger partial charge in [-0.3, -0.25) is 4.79 Å². The van der Waals surface area contributed by atoms with E-state index in [1.165, 1.54) is 36.4 Å². The van der Waals surface area contributed by atoms with Crippen LogP contribution in [0.3, 0.4) is 0 Å². The molecule has 0 aromatic heterocycles. The molecule has 1 heterocycles. The van der Waals surface area contributed by atoms with Gasteiger partial charge in [0.1, 0.15) is 11.6 Å². The fraction of sp³-hybridized carbons (Fsp3) is 0.300. The van der Waals surface area contributed by atoms with E-state index in [-0.39, 0.29) is 23.8 Å². The minimum Gasteiger partial charge on any atom is -0.508 e. The van der Waals surface area contributed by atoms with E-state index in [9.17, 15) is 14.3 Å². The number of hydrazine groups is 1. The summed E-state index contributed by atoms with van der Waals surface area (Å²) in [7, 11) is 1.59. The van der Waals surface area contributed by atoms with E-state index < -0.39 is 5.91 Å². The number of ether oxygens (including phenoxy) is 1. The second-order valence-electron chi connectivity index (χ2n) is 6.56. The van der Waals surface area contributed by atoms with Crippen LogP contribution in [-0.4, -0.2) is 43.4 Å². The first-order chi connectivity index (χ1) is 14.0. The monoisotopic (exact) mass is 401 g/mol. The van der Waals surface area contributed by atoms with Gasteiger partial charge in [-0.2, -0.15) is 4.99 Å². The average Bonchev–Trinajstić information content (AvgIpc) is 3.17. The van der Waals surface area contributed by atoms with E-state index >= 15 is 0 Å². The van der Waals surface area contributed by atoms with Crippen LogP contribution >= 0.6 is 0 Å². The number of nitrogens with zero attached hydrogens (tertiary/aromatic N) is 1. The molecule has 154 valence electrons. The van der Waals surface area contributed by atoms with Crippen LogP contribution in [0.15, 0.2) is 53.5 Å². The Morgan fingerprint density at radius 3 is 2.62 bits per heavy atom. The van der Waals surface area contributed by atoms with Crippen molar-refractivity contribution in [2.75, 3.05) is 20.3 Å². The lowest BCUT2D eigenvalue weighted by molar-refractivity contribution is 0.100. The van der Waals surface area contributed by atoms with Crippen molar-refractivity contribution < 1.29 is 19.0 Å². The van der Waals surface area contributed by atoms with Crippen molar-refractivity contribution in [3.8, 4) is 5.75 Å². The van der Waals surface area contributed by atoms with Crippen molar-refractivity contribution in [3.05, 3.63) is 65.5 Å². The summed E-state index contributed by atoms with van der Waals surface area (Å²) in [6, 6.07) is 12.2. The Morgan fingerprint density at radius 2 is 1.93 bits per heavy atom. The minimum absolute atomic E-state index is 0.0128. The Kier molecular flexibility index (Phi) is 7.12. The molecule has 2 atom stereocenters. The number of phenolic OH excluding ortho intramolecular Hbond substituents is 1. The predicted octanol–water partition coefficient (Wildman–Crippen LogP) is 1.42. The second kappa shape index (κ2) is 9.97. The van der Waals surface area contributed by atoms with Gasteiger partial charge in [0.15, 0.2) is 0 Å². The molecule has 1 aliphatic heterocycles. The van der Waals surface area contributed by atoms with Crippen molar-refractivity contribution in [2.45, 2.75) is 18.6 Å². The van der Waals surface area contributed by atoms with E-state index in [2.05, 4.69) is 26.5 Å². The number of benzene rings is 2. The first kappa shape index (κ1) is 20.7. The molecule has 1 aliphatic rings. The van der Waals surface area contributed by atoms with Gasteiger partial charge in [0, 0.05) is 31.7 Å². The Labute approximate surface area is 168 Å². The Bertz CT molecular complexity index is 842. The highest BCUT2D eigenvalue weighted by molar-refractivity contribution is 6.02. The Morgan fingerprint density at radius 1 is 1.21 bits per heavy atom. The molecule has 8 nitrogen and oxygen atoms in total. The second-order valence-corrected chi connectivity index (χ2v) is 6.56. The van der Waals surface area contributed by atoms with Crippen LogP contribution in [0, 0.1) is 5.82 Å². The van der Waals surface area contributed by atoms with Crippen molar-refractivity contribution in [3.63, 3.8) is 0 Å². The number of aliphatic imine (C=N–C) groups is 1. The summed E-state index contributed by atoms with van der Waals surface area (Å²) >= 11 is 0. The lowest BCUT2D eigenvalue weighted by atomic mass is 10.0. The third-order valence-electron chi connectivity index (χ3n) is 4.41. The number of methoxy groups -OCH3 is 1. The molecule has 2 unspecified atom stereocenters. The van der Waals surface area contributed by atoms with Crippen molar-refractivity contribution in [1.82, 2.24) is 21.5 Å². The molecule has 29 heavy (non-hydrogen) atoms. The molecule has 2 aromatic rings. The highest BCUT2D eigenvalue weighted by Crippen LogP contribution is 2.21. The molecule has 0 aliphatic carbocycles. The van der Waals surface area contributed by atoms with E-state index in [4.69, 9.17) is 4.74 Å². The van der Waals surface area contributed by atoms with Crippen LogP contribution in [0.1, 0.15) is 28.4 Å². The highest BCUT2D eigenvalue weighted by atomic mass is 19.1. The summed E-state index contributed by atoms with van der Waals surface area (Å²) in [5.41, 5.74) is 7.57. The van der Waals surface area contributed by atoms with Crippen LogP contribution in [0.2, 0.25) is 0 Å². The lowest BCUT2D eigenvalue weighted by Crippen LogP contribution is -2.50. The van der Waals surface area contributed by atoms with E-state index in [0.29, 0.717) is 31.1 Å². The number of hydrogen-bond acceptors (Lipinski definition) is 5. The molecule has 5 N–H and O–H groups in total. The van der Waals surface area contributed by atoms with Crippen molar-refractivity contribution in [1.29, 1.82) is 0 Å². The average molecular weight is 401 g/mol. The summed E-state index contributed by atoms with van der Waals surface area (Å²) in [4.78, 5) is 16.6. The normalized spacial score (nSPS) is 19.2. The molecule has 0 saturated carbocycles. The molecule has 0 spiro atoms. The zero-order valence-corrected chi connectivity index (χ0v) is 16.0. The van der Waals surface area contributed by atoms with Crippen LogP contribution in [-0.2, 0) is 4.74 Å². The maximum atomic E-state index is 13.1. The van der Waals surface area contributed by atoms with Gasteiger partial charge in [0.25, 0.3) is 5.91 Å². The number of guanidine groups is 1. The molecular weight excluding hydrogens is 377 g/mol. The zero-order valence-electron chi connectivity index (χ0n) is 16.0. The SMILES string of the molecule is COCCN/C(=N/C(=O)c1ccc(O)cc1)NC1CC(c2ccc(F)cc2)NN1. The minimum atomic E-state index is -0.446. The molecular formula is C20H24FN5O3. The molecule has 3 rings (SSSR count). The first-order valence-corrected chi connectivity index (χ1v) is 9.23. The number of nitrogens with one attached hydrogen (secondary N) is 4. The van der Waals surface area contributed by atoms with Crippen molar-refractivity contribution >= 4 is 11.9 Å². The van der Waals surface area contributed by atoms with Crippen LogP contribution in [0.25, 0.3) is 0 Å². The van der Waals surface area contributed by atoms with Gasteiger partial charge in [-0.15, -0.1) is 0 Å². The molecule has 1 saturated heterocycles. The maximum Gasteiger partial charge on any atom is 0.280 e. The Hall–Kier alpha value is -3.01. The van der Waals surface area contributed by atoms with Gasteiger partial charge < -0.3 is 20.5 Å². The predicted molar refractivity (Wildman–Crippen MR) is 107 cm³/mol. The topological polar surface area (TPSA) is 107 Å². The Balaban J connectivity index is 1.66. The number of rotatable bonds is 6. The number of amides is 1. The first-order valence-electron chi connectivity index (χ1n) is 9.23. The summed E-state index contributed by atoms with van der Waals surface area (Å²) in [6.07, 6.45) is 0.454. The smallest absolute Gasteiger partial charge is 0.280 e. The third-order valence-corrected chi connectivity index (χ3v) is 4.41. The molecule has 2 aromatic carbocycles. The standard InChI is InChI=1S/C20H24FN5O3/c1-29-11-10-22-20(24-19(28)14-4-8-16(27)9-5-14)23-18-12-17(25-26-18)13-2-6-15(21)7-3-13/h2-9,17-18,25-27H,10-12H2,1H3,(H2,22,23,24,28). The molecule has 1 fully saturated rings. The number of carbonyl (C=O) groups is 1. The fourth-order valence-corrected chi connectivity index (χ4v) is 2.89. The van der Waals surface area contributed by atoms with Crippen molar-refractivity contribution in [2.24, 2.45) is 4.99 Å². The van der Waals surface area contributed by atoms with Gasteiger partial charge in [0.05, 0.1) is 12.8 Å². The zero-order chi connectivity index (χ0) is 20.6. The molecule has 9 heteroatoms. The number of carbonyl (C=O) groups excluding carboxylic acids is 1. The fourth-order valence-electron chi connectivity index (χ4n) is 2.89. The summed E-state index contributed by atoms with van der Waals surface area (Å²) in [6.45, 7) is 0.912. The molecule has 0 radical (unpaired) electrons. The van der Waals surface area contributed by atoms with Gasteiger partial charge in [-0.05, 0) is 42.0 Å². The van der Waals surface area contributed by atoms with Gasteiger partial charge in [-0.1, -0.05) is 12.1 Å². The van der Waals surface area contributed by atoms with E-state index in [1.54, 1.807) is 19.2 Å². The quantitative estimate of drug-likeness (QED) is 0.283. The van der Waals surface area contributed by atoms with Crippen LogP contribution in [0.5, 0.6) is 5.75 Å². The summed E-state index contributed by atoms with van der Waals surface area (Å²) in [5, 5.41) is 15.6. The van der Waals surface area contributed by atoms with E-state index in [0.717, 1.165) is 5.56 Å². The van der Waals surface area contributed by atoms with Gasteiger partial charge in [0.2, 0.25) is 5.96 Å². The van der Waals surface area contributed by atoms with Gasteiger partial charge >= 0.3 is 0 Å². The third kappa shape index (κ3) is 5.98. The molecule has 1 amide bonds. The number of phenols is 1. The number of halogens is 1. The summed E-state index contributed by atoms with van der Waals surface area (Å²) in [5.74, 6) is -0.341. The largest absolute Gasteiger partial charge is 0.508 e.